The van der Waals surface area contributed by atoms with E-state index in [1.165, 1.54) is 5.56 Å². The zero-order chi connectivity index (χ0) is 9.90. The highest BCUT2D eigenvalue weighted by molar-refractivity contribution is 5.14. The van der Waals surface area contributed by atoms with Gasteiger partial charge >= 0.3 is 0 Å². The predicted octanol–water partition coefficient (Wildman–Crippen LogP) is 1.25. The molecule has 0 saturated heterocycles. The highest BCUT2D eigenvalue weighted by atomic mass is 16.3. The quantitative estimate of drug-likeness (QED) is 0.548. The Morgan fingerprint density at radius 3 is 2.15 bits per heavy atom. The fraction of sp³-hybridized carbons (Fsp3) is 0.455. The number of benzene rings is 1. The molecule has 0 heterocycles. The molecule has 0 radical (unpaired) electrons. The number of nitrogens with zero attached hydrogens (tertiary/aromatic N) is 1. The van der Waals surface area contributed by atoms with Crippen LogP contribution in [0.4, 0.5) is 0 Å². The van der Waals surface area contributed by atoms with Crippen molar-refractivity contribution in [2.75, 3.05) is 21.1 Å². The lowest BCUT2D eigenvalue weighted by molar-refractivity contribution is -0.918. The van der Waals surface area contributed by atoms with E-state index in [1.54, 1.807) is 0 Å². The summed E-state index contributed by atoms with van der Waals surface area (Å²) in [6.45, 7) is 0. The van der Waals surface area contributed by atoms with Crippen LogP contribution >= 0.6 is 0 Å². The largest absolute Gasteiger partial charge is 0.344 e. The maximum atomic E-state index is 9.81. The van der Waals surface area contributed by atoms with Crippen LogP contribution in [0.2, 0.25) is 0 Å². The van der Waals surface area contributed by atoms with Gasteiger partial charge in [-0.3, -0.25) is 0 Å². The third-order valence-corrected chi connectivity index (χ3v) is 2.16. The minimum atomic E-state index is -0.331. The number of aliphatic hydroxyl groups is 1. The molecule has 0 bridgehead atoms. The van der Waals surface area contributed by atoms with Crippen LogP contribution < -0.4 is 0 Å². The number of hydrogen-bond donors (Lipinski definition) is 1. The normalized spacial score (nSPS) is 14.2. The Kier molecular flexibility index (Phi) is 3.07. The first-order valence-corrected chi connectivity index (χ1v) is 4.53. The average molecular weight is 180 g/mol. The van der Waals surface area contributed by atoms with Gasteiger partial charge in [-0.05, 0) is 5.56 Å². The minimum absolute atomic E-state index is 0.331. The van der Waals surface area contributed by atoms with Gasteiger partial charge in [-0.15, -0.1) is 0 Å². The van der Waals surface area contributed by atoms with E-state index in [2.05, 4.69) is 0 Å². The van der Waals surface area contributed by atoms with Crippen molar-refractivity contribution in [1.82, 2.24) is 0 Å². The van der Waals surface area contributed by atoms with Crippen LogP contribution in [0.3, 0.4) is 0 Å². The van der Waals surface area contributed by atoms with Crippen molar-refractivity contribution < 1.29 is 9.59 Å². The molecule has 0 aliphatic carbocycles. The molecule has 72 valence electrons. The van der Waals surface area contributed by atoms with Crippen LogP contribution in [0.15, 0.2) is 30.3 Å². The summed E-state index contributed by atoms with van der Waals surface area (Å²) in [6, 6.07) is 10.1. The lowest BCUT2D eigenvalue weighted by Gasteiger charge is -2.29. The Balaban J connectivity index is 2.61. The summed E-state index contributed by atoms with van der Waals surface area (Å²) in [5.74, 6) is 0. The van der Waals surface area contributed by atoms with Crippen molar-refractivity contribution in [2.45, 2.75) is 12.6 Å². The third kappa shape index (κ3) is 3.17. The van der Waals surface area contributed by atoms with Gasteiger partial charge in [0, 0.05) is 0 Å². The number of rotatable bonds is 3. The molecular formula is C11H18NO+. The molecule has 1 atom stereocenters. The first-order valence-electron chi connectivity index (χ1n) is 4.53. The highest BCUT2D eigenvalue weighted by Crippen LogP contribution is 2.08. The molecular weight excluding hydrogens is 162 g/mol. The van der Waals surface area contributed by atoms with Crippen LogP contribution in [0, 0.1) is 0 Å². The SMILES string of the molecule is C[N+](C)(C)C(O)Cc1ccccc1. The third-order valence-electron chi connectivity index (χ3n) is 2.16. The number of likely N-dealkylation sites (N-methyl/N-ethyl adjacent to an activating group) is 1. The maximum absolute atomic E-state index is 9.81. The van der Waals surface area contributed by atoms with E-state index in [4.69, 9.17) is 0 Å². The molecule has 1 N–H and O–H groups in total. The summed E-state index contributed by atoms with van der Waals surface area (Å²) >= 11 is 0. The molecule has 0 aliphatic heterocycles. The van der Waals surface area contributed by atoms with Crippen molar-refractivity contribution in [2.24, 2.45) is 0 Å². The molecule has 0 amide bonds. The second kappa shape index (κ2) is 3.90. The van der Waals surface area contributed by atoms with E-state index in [-0.39, 0.29) is 6.23 Å². The van der Waals surface area contributed by atoms with E-state index in [9.17, 15) is 5.11 Å². The highest BCUT2D eigenvalue weighted by Gasteiger charge is 2.20. The second-order valence-electron chi connectivity index (χ2n) is 4.29. The van der Waals surface area contributed by atoms with Gasteiger partial charge in [-0.2, -0.15) is 0 Å². The summed E-state index contributed by atoms with van der Waals surface area (Å²) in [4.78, 5) is 0. The van der Waals surface area contributed by atoms with Crippen LogP contribution in [0.1, 0.15) is 5.56 Å². The smallest absolute Gasteiger partial charge is 0.194 e. The van der Waals surface area contributed by atoms with Crippen molar-refractivity contribution in [3.8, 4) is 0 Å². The van der Waals surface area contributed by atoms with E-state index >= 15 is 0 Å². The van der Waals surface area contributed by atoms with Crippen LogP contribution in [-0.4, -0.2) is 37.0 Å². The first kappa shape index (κ1) is 10.2. The fourth-order valence-electron chi connectivity index (χ4n) is 1.10. The molecule has 2 nitrogen and oxygen atoms in total. The van der Waals surface area contributed by atoms with Gasteiger partial charge in [-0.1, -0.05) is 30.3 Å². The lowest BCUT2D eigenvalue weighted by atomic mass is 10.1. The molecule has 0 spiro atoms. The van der Waals surface area contributed by atoms with Gasteiger partial charge in [-0.25, -0.2) is 0 Å². The first-order chi connectivity index (χ1) is 6.00. The Hall–Kier alpha value is -0.860. The summed E-state index contributed by atoms with van der Waals surface area (Å²) in [5, 5.41) is 9.81. The molecule has 1 unspecified atom stereocenters. The zero-order valence-corrected chi connectivity index (χ0v) is 8.57. The maximum Gasteiger partial charge on any atom is 0.194 e. The van der Waals surface area contributed by atoms with E-state index in [0.717, 1.165) is 0 Å². The molecule has 0 aliphatic rings. The Bertz CT molecular complexity index is 251. The Morgan fingerprint density at radius 1 is 1.15 bits per heavy atom. The van der Waals surface area contributed by atoms with Gasteiger partial charge in [0.25, 0.3) is 0 Å². The van der Waals surface area contributed by atoms with Gasteiger partial charge in [0.1, 0.15) is 0 Å². The summed E-state index contributed by atoms with van der Waals surface area (Å²) in [6.07, 6.45) is 0.382. The monoisotopic (exact) mass is 180 g/mol. The van der Waals surface area contributed by atoms with E-state index in [1.807, 2.05) is 51.5 Å². The lowest BCUT2D eigenvalue weighted by Crippen LogP contribution is -2.46. The van der Waals surface area contributed by atoms with Crippen molar-refractivity contribution in [3.05, 3.63) is 35.9 Å². The Morgan fingerprint density at radius 2 is 1.69 bits per heavy atom. The van der Waals surface area contributed by atoms with Crippen LogP contribution in [-0.2, 0) is 6.42 Å². The number of aliphatic hydroxyl groups excluding tert-OH is 1. The summed E-state index contributed by atoms with van der Waals surface area (Å²) in [7, 11) is 5.98. The standard InChI is InChI=1S/C11H18NO/c1-12(2,3)11(13)9-10-7-5-4-6-8-10/h4-8,11,13H,9H2,1-3H3/q+1. The van der Waals surface area contributed by atoms with Gasteiger partial charge in [0.2, 0.25) is 0 Å². The number of quaternary nitrogens is 1. The molecule has 0 fully saturated rings. The van der Waals surface area contributed by atoms with Crippen molar-refractivity contribution in [3.63, 3.8) is 0 Å². The molecule has 1 aromatic carbocycles. The molecule has 1 rings (SSSR count). The van der Waals surface area contributed by atoms with Crippen molar-refractivity contribution >= 4 is 0 Å². The molecule has 0 saturated carbocycles. The topological polar surface area (TPSA) is 20.2 Å². The molecule has 0 aromatic heterocycles. The number of hydrogen-bond acceptors (Lipinski definition) is 1. The molecule has 13 heavy (non-hydrogen) atoms. The van der Waals surface area contributed by atoms with Gasteiger partial charge < -0.3 is 9.59 Å². The Labute approximate surface area is 80.0 Å². The van der Waals surface area contributed by atoms with E-state index < -0.39 is 0 Å². The summed E-state index contributed by atoms with van der Waals surface area (Å²) < 4.78 is 0.578. The average Bonchev–Trinajstić information content (AvgIpc) is 2.04. The molecule has 1 aromatic rings. The minimum Gasteiger partial charge on any atom is -0.344 e. The summed E-state index contributed by atoms with van der Waals surface area (Å²) in [5.41, 5.74) is 1.18. The second-order valence-corrected chi connectivity index (χ2v) is 4.29. The van der Waals surface area contributed by atoms with E-state index in [0.29, 0.717) is 10.9 Å². The van der Waals surface area contributed by atoms with Gasteiger partial charge in [0.05, 0.1) is 27.6 Å². The van der Waals surface area contributed by atoms with Gasteiger partial charge in [0.15, 0.2) is 6.23 Å². The zero-order valence-electron chi connectivity index (χ0n) is 8.57. The predicted molar refractivity (Wildman–Crippen MR) is 54.2 cm³/mol. The van der Waals surface area contributed by atoms with Crippen molar-refractivity contribution in [1.29, 1.82) is 0 Å². The fourth-order valence-corrected chi connectivity index (χ4v) is 1.10. The van der Waals surface area contributed by atoms with Crippen LogP contribution in [0.5, 0.6) is 0 Å². The van der Waals surface area contributed by atoms with Crippen LogP contribution in [0.25, 0.3) is 0 Å². The molecule has 2 heteroatoms.